The fourth-order valence-electron chi connectivity index (χ4n) is 1.60. The maximum Gasteiger partial charge on any atom is 0.230 e. The van der Waals surface area contributed by atoms with Crippen LogP contribution in [-0.4, -0.2) is 26.8 Å². The van der Waals surface area contributed by atoms with Gasteiger partial charge in [-0.25, -0.2) is 4.98 Å². The Balaban J connectivity index is 1.42. The summed E-state index contributed by atoms with van der Waals surface area (Å²) in [7, 11) is 0. The Labute approximate surface area is 133 Å². The van der Waals surface area contributed by atoms with Crippen LogP contribution in [0.15, 0.2) is 9.72 Å². The van der Waals surface area contributed by atoms with Crippen molar-refractivity contribution < 1.29 is 4.79 Å². The molecule has 2 N–H and O–H groups in total. The second kappa shape index (κ2) is 6.33. The smallest absolute Gasteiger partial charge is 0.230 e. The van der Waals surface area contributed by atoms with Crippen molar-refractivity contribution in [2.45, 2.75) is 29.6 Å². The standard InChI is InChI=1S/C11H12N4OS4/c16-8(5-19-11-15-14-10(17)20-11)12-3-9-13-7(4-18-9)6-1-2-6/h4,6H,1-3,5H2,(H,12,16)(H,14,17). The molecule has 3 rings (SSSR count). The number of carbonyl (C=O) groups is 1. The molecule has 5 nitrogen and oxygen atoms in total. The van der Waals surface area contributed by atoms with Crippen molar-refractivity contribution in [2.75, 3.05) is 5.75 Å². The zero-order valence-electron chi connectivity index (χ0n) is 10.4. The molecule has 0 radical (unpaired) electrons. The largest absolute Gasteiger partial charge is 0.349 e. The Bertz CT molecular complexity index is 657. The molecular weight excluding hydrogens is 332 g/mol. The molecule has 1 aliphatic carbocycles. The van der Waals surface area contributed by atoms with Crippen LogP contribution in [0.3, 0.4) is 0 Å². The van der Waals surface area contributed by atoms with Gasteiger partial charge in [0.05, 0.1) is 18.0 Å². The summed E-state index contributed by atoms with van der Waals surface area (Å²) in [6.45, 7) is 0.507. The number of aromatic nitrogens is 3. The highest BCUT2D eigenvalue weighted by molar-refractivity contribution is 8.01. The summed E-state index contributed by atoms with van der Waals surface area (Å²) in [5.74, 6) is 0.996. The number of aromatic amines is 1. The fourth-order valence-corrected chi connectivity index (χ4v) is 4.33. The molecule has 1 aliphatic rings. The summed E-state index contributed by atoms with van der Waals surface area (Å²) in [6.07, 6.45) is 2.50. The third-order valence-corrected chi connectivity index (χ3v) is 5.85. The molecule has 1 fully saturated rings. The molecule has 0 saturated heterocycles. The van der Waals surface area contributed by atoms with Crippen molar-refractivity contribution in [3.63, 3.8) is 0 Å². The van der Waals surface area contributed by atoms with Gasteiger partial charge in [-0.1, -0.05) is 23.1 Å². The zero-order valence-corrected chi connectivity index (χ0v) is 13.7. The normalized spacial score (nSPS) is 14.4. The molecule has 0 spiro atoms. The maximum atomic E-state index is 11.7. The van der Waals surface area contributed by atoms with Crippen LogP contribution in [0.25, 0.3) is 0 Å². The molecule has 2 aromatic heterocycles. The number of hydrogen-bond donors (Lipinski definition) is 2. The first kappa shape index (κ1) is 14.2. The molecule has 1 saturated carbocycles. The number of H-pyrrole nitrogens is 1. The molecule has 2 aromatic rings. The van der Waals surface area contributed by atoms with E-state index in [2.05, 4.69) is 25.9 Å². The number of amides is 1. The Morgan fingerprint density at radius 3 is 3.15 bits per heavy atom. The average Bonchev–Trinajstić information content (AvgIpc) is 3.03. The van der Waals surface area contributed by atoms with Gasteiger partial charge in [0, 0.05) is 11.3 Å². The molecule has 1 amide bonds. The van der Waals surface area contributed by atoms with Crippen LogP contribution in [0.4, 0.5) is 0 Å². The predicted molar refractivity (Wildman–Crippen MR) is 84.0 cm³/mol. The quantitative estimate of drug-likeness (QED) is 0.623. The monoisotopic (exact) mass is 344 g/mol. The van der Waals surface area contributed by atoms with Gasteiger partial charge in [-0.05, 0) is 25.1 Å². The van der Waals surface area contributed by atoms with Crippen LogP contribution in [0.2, 0.25) is 0 Å². The summed E-state index contributed by atoms with van der Waals surface area (Å²) in [5, 5.41) is 12.6. The first-order chi connectivity index (χ1) is 9.70. The minimum Gasteiger partial charge on any atom is -0.349 e. The zero-order chi connectivity index (χ0) is 13.9. The lowest BCUT2D eigenvalue weighted by molar-refractivity contribution is -0.118. The molecule has 9 heteroatoms. The van der Waals surface area contributed by atoms with Crippen LogP contribution >= 0.6 is 46.7 Å². The van der Waals surface area contributed by atoms with Crippen LogP contribution in [-0.2, 0) is 11.3 Å². The minimum absolute atomic E-state index is 0.0145. The third kappa shape index (κ3) is 3.87. The highest BCUT2D eigenvalue weighted by Crippen LogP contribution is 2.40. The molecule has 106 valence electrons. The van der Waals surface area contributed by atoms with Gasteiger partial charge in [0.2, 0.25) is 5.91 Å². The first-order valence-corrected chi connectivity index (χ1v) is 9.19. The van der Waals surface area contributed by atoms with E-state index in [1.54, 1.807) is 11.3 Å². The Morgan fingerprint density at radius 2 is 2.45 bits per heavy atom. The van der Waals surface area contributed by atoms with Crippen LogP contribution in [0.1, 0.15) is 29.5 Å². The van der Waals surface area contributed by atoms with Gasteiger partial charge in [0.15, 0.2) is 8.29 Å². The van der Waals surface area contributed by atoms with E-state index in [-0.39, 0.29) is 5.91 Å². The van der Waals surface area contributed by atoms with E-state index in [0.717, 1.165) is 9.35 Å². The number of nitrogens with one attached hydrogen (secondary N) is 2. The lowest BCUT2D eigenvalue weighted by Gasteiger charge is -2.01. The van der Waals surface area contributed by atoms with Crippen LogP contribution in [0, 0.1) is 3.95 Å². The SMILES string of the molecule is O=C(CSc1n[nH]c(=S)s1)NCc1nc(C2CC2)cs1. The Kier molecular flexibility index (Phi) is 4.49. The van der Waals surface area contributed by atoms with Crippen molar-refractivity contribution in [3.05, 3.63) is 20.0 Å². The van der Waals surface area contributed by atoms with Crippen molar-refractivity contribution in [1.29, 1.82) is 0 Å². The lowest BCUT2D eigenvalue weighted by atomic mass is 10.3. The number of thiazole rings is 1. The second-order valence-electron chi connectivity index (χ2n) is 4.38. The number of carbonyl (C=O) groups excluding carboxylic acids is 1. The number of hydrogen-bond acceptors (Lipinski definition) is 7. The highest BCUT2D eigenvalue weighted by atomic mass is 32.2. The van der Waals surface area contributed by atoms with Crippen molar-refractivity contribution >= 4 is 52.6 Å². The minimum atomic E-state index is -0.0145. The van der Waals surface area contributed by atoms with Gasteiger partial charge in [-0.15, -0.1) is 11.3 Å². The third-order valence-electron chi connectivity index (χ3n) is 2.75. The summed E-state index contributed by atoms with van der Waals surface area (Å²) < 4.78 is 1.42. The summed E-state index contributed by atoms with van der Waals surface area (Å²) in [4.78, 5) is 16.3. The van der Waals surface area contributed by atoms with E-state index >= 15 is 0 Å². The van der Waals surface area contributed by atoms with Gasteiger partial charge < -0.3 is 5.32 Å². The van der Waals surface area contributed by atoms with Crippen LogP contribution in [0.5, 0.6) is 0 Å². The van der Waals surface area contributed by atoms with E-state index in [9.17, 15) is 4.79 Å². The second-order valence-corrected chi connectivity index (χ2v) is 8.22. The van der Waals surface area contributed by atoms with Gasteiger partial charge in [-0.3, -0.25) is 9.89 Å². The van der Waals surface area contributed by atoms with Crippen molar-refractivity contribution in [2.24, 2.45) is 0 Å². The Morgan fingerprint density at radius 1 is 1.60 bits per heavy atom. The van der Waals surface area contributed by atoms with Gasteiger partial charge in [0.25, 0.3) is 0 Å². The van der Waals surface area contributed by atoms with Crippen LogP contribution < -0.4 is 5.32 Å². The molecule has 0 aliphatic heterocycles. The van der Waals surface area contributed by atoms with Gasteiger partial charge in [0.1, 0.15) is 5.01 Å². The van der Waals surface area contributed by atoms with E-state index in [1.807, 2.05) is 0 Å². The Hall–Kier alpha value is -0.770. The molecule has 0 unspecified atom stereocenters. The lowest BCUT2D eigenvalue weighted by Crippen LogP contribution is -2.24. The summed E-state index contributed by atoms with van der Waals surface area (Å²) >= 11 is 9.32. The number of rotatable bonds is 6. The number of nitrogens with zero attached hydrogens (tertiary/aromatic N) is 2. The summed E-state index contributed by atoms with van der Waals surface area (Å²) in [6, 6.07) is 0. The van der Waals surface area contributed by atoms with Crippen molar-refractivity contribution in [1.82, 2.24) is 20.5 Å². The first-order valence-electron chi connectivity index (χ1n) is 6.10. The van der Waals surface area contributed by atoms with Gasteiger partial charge >= 0.3 is 0 Å². The highest BCUT2D eigenvalue weighted by Gasteiger charge is 2.25. The fraction of sp³-hybridized carbons (Fsp3) is 0.455. The molecule has 0 atom stereocenters. The van der Waals surface area contributed by atoms with Gasteiger partial charge in [-0.2, -0.15) is 5.10 Å². The average molecular weight is 345 g/mol. The van der Waals surface area contributed by atoms with E-state index < -0.39 is 0 Å². The van der Waals surface area contributed by atoms with E-state index in [0.29, 0.717) is 22.2 Å². The topological polar surface area (TPSA) is 70.7 Å². The molecule has 2 heterocycles. The molecular formula is C11H12N4OS4. The summed E-state index contributed by atoms with van der Waals surface area (Å²) in [5.41, 5.74) is 1.19. The molecule has 0 aromatic carbocycles. The van der Waals surface area contributed by atoms with E-state index in [1.165, 1.54) is 41.6 Å². The van der Waals surface area contributed by atoms with E-state index in [4.69, 9.17) is 12.2 Å². The molecule has 0 bridgehead atoms. The molecule has 20 heavy (non-hydrogen) atoms. The van der Waals surface area contributed by atoms with Crippen molar-refractivity contribution in [3.8, 4) is 0 Å². The predicted octanol–water partition coefficient (Wildman–Crippen LogP) is 2.94. The maximum absolute atomic E-state index is 11.7. The number of thioether (sulfide) groups is 1.